The summed E-state index contributed by atoms with van der Waals surface area (Å²) in [7, 11) is 0. The van der Waals surface area contributed by atoms with Gasteiger partial charge in [-0.05, 0) is 18.6 Å². The summed E-state index contributed by atoms with van der Waals surface area (Å²) < 4.78 is 12.2. The first-order chi connectivity index (χ1) is 12.7. The molecular formula is C19H23N3O4. The summed E-state index contributed by atoms with van der Waals surface area (Å²) in [6, 6.07) is 11.6. The van der Waals surface area contributed by atoms with E-state index in [-0.39, 0.29) is 18.7 Å². The van der Waals surface area contributed by atoms with Gasteiger partial charge in [0.1, 0.15) is 6.61 Å². The van der Waals surface area contributed by atoms with Crippen LogP contribution in [0.1, 0.15) is 30.3 Å². The average Bonchev–Trinajstić information content (AvgIpc) is 3.07. The Morgan fingerprint density at radius 3 is 2.73 bits per heavy atom. The average molecular weight is 357 g/mol. The number of nitrogens with zero attached hydrogens (tertiary/aromatic N) is 3. The molecule has 0 fully saturated rings. The van der Waals surface area contributed by atoms with Gasteiger partial charge in [-0.2, -0.15) is 5.10 Å². The van der Waals surface area contributed by atoms with Crippen LogP contribution in [0.2, 0.25) is 0 Å². The molecule has 0 aliphatic carbocycles. The fourth-order valence-electron chi connectivity index (χ4n) is 2.88. The molecular weight excluding hydrogens is 334 g/mol. The number of aromatic nitrogens is 2. The first-order valence-electron chi connectivity index (χ1n) is 8.82. The molecule has 138 valence electrons. The lowest BCUT2D eigenvalue weighted by Gasteiger charge is -2.26. The van der Waals surface area contributed by atoms with Crippen LogP contribution in [0.25, 0.3) is 0 Å². The minimum atomic E-state index is -0.325. The summed E-state index contributed by atoms with van der Waals surface area (Å²) in [5, 5.41) is 4.50. The molecule has 7 heteroatoms. The SMILES string of the molecule is CCOC(=O)CCc1cc2n(n1)CCN(C(=O)OCc1ccccc1)C2. The van der Waals surface area contributed by atoms with Crippen LogP contribution in [0.15, 0.2) is 36.4 Å². The molecule has 1 aromatic carbocycles. The van der Waals surface area contributed by atoms with E-state index in [0.717, 1.165) is 17.0 Å². The van der Waals surface area contributed by atoms with Crippen molar-refractivity contribution >= 4 is 12.1 Å². The van der Waals surface area contributed by atoms with Gasteiger partial charge in [-0.3, -0.25) is 9.48 Å². The van der Waals surface area contributed by atoms with E-state index >= 15 is 0 Å². The maximum absolute atomic E-state index is 12.3. The van der Waals surface area contributed by atoms with Crippen LogP contribution >= 0.6 is 0 Å². The Morgan fingerprint density at radius 2 is 1.96 bits per heavy atom. The standard InChI is InChI=1S/C19H23N3O4/c1-2-25-18(23)9-8-16-12-17-13-21(10-11-22(17)20-16)19(24)26-14-15-6-4-3-5-7-15/h3-7,12H,2,8-11,13-14H2,1H3. The molecule has 0 bridgehead atoms. The predicted molar refractivity (Wildman–Crippen MR) is 94.2 cm³/mol. The van der Waals surface area contributed by atoms with Crippen LogP contribution in [-0.4, -0.2) is 39.9 Å². The van der Waals surface area contributed by atoms with E-state index in [4.69, 9.17) is 9.47 Å². The highest BCUT2D eigenvalue weighted by molar-refractivity contribution is 5.69. The monoisotopic (exact) mass is 357 g/mol. The minimum absolute atomic E-state index is 0.218. The van der Waals surface area contributed by atoms with E-state index in [1.807, 2.05) is 41.1 Å². The van der Waals surface area contributed by atoms with Crippen molar-refractivity contribution in [3.05, 3.63) is 53.3 Å². The number of fused-ring (bicyclic) bond motifs is 1. The lowest BCUT2D eigenvalue weighted by atomic mass is 10.2. The summed E-state index contributed by atoms with van der Waals surface area (Å²) in [5.74, 6) is -0.218. The van der Waals surface area contributed by atoms with Crippen LogP contribution in [0.3, 0.4) is 0 Å². The van der Waals surface area contributed by atoms with Crippen LogP contribution < -0.4 is 0 Å². The molecule has 2 heterocycles. The van der Waals surface area contributed by atoms with E-state index in [2.05, 4.69) is 5.10 Å². The van der Waals surface area contributed by atoms with Crippen LogP contribution in [0.4, 0.5) is 4.79 Å². The van der Waals surface area contributed by atoms with Crippen molar-refractivity contribution in [1.82, 2.24) is 14.7 Å². The molecule has 0 unspecified atom stereocenters. The largest absolute Gasteiger partial charge is 0.466 e. The van der Waals surface area contributed by atoms with Gasteiger partial charge in [0.05, 0.1) is 37.5 Å². The summed E-state index contributed by atoms with van der Waals surface area (Å²) in [6.07, 6.45) is 0.527. The number of carbonyl (C=O) groups excluding carboxylic acids is 2. The Kier molecular flexibility index (Phi) is 5.88. The van der Waals surface area contributed by atoms with Gasteiger partial charge in [0.25, 0.3) is 0 Å². The second-order valence-corrected chi connectivity index (χ2v) is 6.12. The van der Waals surface area contributed by atoms with Crippen molar-refractivity contribution in [1.29, 1.82) is 0 Å². The summed E-state index contributed by atoms with van der Waals surface area (Å²) in [4.78, 5) is 25.4. The molecule has 0 saturated heterocycles. The van der Waals surface area contributed by atoms with Crippen molar-refractivity contribution in [2.75, 3.05) is 13.2 Å². The number of amides is 1. The van der Waals surface area contributed by atoms with E-state index in [9.17, 15) is 9.59 Å². The van der Waals surface area contributed by atoms with Gasteiger partial charge in [-0.1, -0.05) is 30.3 Å². The smallest absolute Gasteiger partial charge is 0.410 e. The molecule has 1 aromatic heterocycles. The van der Waals surface area contributed by atoms with Gasteiger partial charge in [0.15, 0.2) is 0 Å². The molecule has 0 radical (unpaired) electrons. The molecule has 3 rings (SSSR count). The van der Waals surface area contributed by atoms with Gasteiger partial charge in [0, 0.05) is 13.0 Å². The van der Waals surface area contributed by atoms with Gasteiger partial charge in [-0.25, -0.2) is 4.79 Å². The molecule has 1 aliphatic rings. The number of aryl methyl sites for hydroxylation is 1. The number of esters is 1. The third kappa shape index (κ3) is 4.62. The van der Waals surface area contributed by atoms with Crippen LogP contribution in [-0.2, 0) is 40.4 Å². The van der Waals surface area contributed by atoms with E-state index < -0.39 is 0 Å². The quantitative estimate of drug-likeness (QED) is 0.743. The van der Waals surface area contributed by atoms with Crippen molar-refractivity contribution in [2.45, 2.75) is 39.5 Å². The Morgan fingerprint density at radius 1 is 1.15 bits per heavy atom. The molecule has 0 N–H and O–H groups in total. The molecule has 26 heavy (non-hydrogen) atoms. The van der Waals surface area contributed by atoms with Crippen molar-refractivity contribution < 1.29 is 19.1 Å². The van der Waals surface area contributed by atoms with Gasteiger partial charge >= 0.3 is 12.1 Å². The Bertz CT molecular complexity index is 757. The Labute approximate surface area is 152 Å². The van der Waals surface area contributed by atoms with E-state index in [1.54, 1.807) is 11.8 Å². The highest BCUT2D eigenvalue weighted by Crippen LogP contribution is 2.16. The van der Waals surface area contributed by atoms with Gasteiger partial charge in [-0.15, -0.1) is 0 Å². The third-order valence-electron chi connectivity index (χ3n) is 4.20. The predicted octanol–water partition coefficient (Wildman–Crippen LogP) is 2.53. The van der Waals surface area contributed by atoms with Crippen molar-refractivity contribution in [3.8, 4) is 0 Å². The number of ether oxygens (including phenoxy) is 2. The highest BCUT2D eigenvalue weighted by Gasteiger charge is 2.23. The zero-order valence-electron chi connectivity index (χ0n) is 14.9. The summed E-state index contributed by atoms with van der Waals surface area (Å²) >= 11 is 0. The minimum Gasteiger partial charge on any atom is -0.466 e. The van der Waals surface area contributed by atoms with Gasteiger partial charge in [0.2, 0.25) is 0 Å². The van der Waals surface area contributed by atoms with E-state index in [0.29, 0.717) is 39.1 Å². The zero-order valence-corrected chi connectivity index (χ0v) is 14.9. The molecule has 1 aliphatic heterocycles. The molecule has 1 amide bonds. The fourth-order valence-corrected chi connectivity index (χ4v) is 2.88. The van der Waals surface area contributed by atoms with Crippen molar-refractivity contribution in [2.24, 2.45) is 0 Å². The topological polar surface area (TPSA) is 73.7 Å². The first kappa shape index (κ1) is 18.0. The molecule has 7 nitrogen and oxygen atoms in total. The fraction of sp³-hybridized carbons (Fsp3) is 0.421. The highest BCUT2D eigenvalue weighted by atomic mass is 16.6. The maximum Gasteiger partial charge on any atom is 0.410 e. The summed E-state index contributed by atoms with van der Waals surface area (Å²) in [5.41, 5.74) is 2.75. The van der Waals surface area contributed by atoms with Crippen LogP contribution in [0.5, 0.6) is 0 Å². The number of rotatable bonds is 6. The normalized spacial score (nSPS) is 13.2. The Hall–Kier alpha value is -2.83. The number of carbonyl (C=O) groups is 2. The molecule has 0 atom stereocenters. The summed E-state index contributed by atoms with van der Waals surface area (Å²) in [6.45, 7) is 4.08. The lowest BCUT2D eigenvalue weighted by molar-refractivity contribution is -0.143. The molecule has 0 saturated carbocycles. The van der Waals surface area contributed by atoms with Crippen LogP contribution in [0, 0.1) is 0 Å². The number of benzene rings is 1. The van der Waals surface area contributed by atoms with Gasteiger partial charge < -0.3 is 14.4 Å². The van der Waals surface area contributed by atoms with Crippen molar-refractivity contribution in [3.63, 3.8) is 0 Å². The third-order valence-corrected chi connectivity index (χ3v) is 4.20. The van der Waals surface area contributed by atoms with E-state index in [1.165, 1.54) is 0 Å². The lowest BCUT2D eigenvalue weighted by Crippen LogP contribution is -2.38. The molecule has 2 aromatic rings. The maximum atomic E-state index is 12.3. The number of hydrogen-bond donors (Lipinski definition) is 0. The Balaban J connectivity index is 1.52. The second kappa shape index (κ2) is 8.51. The number of hydrogen-bond acceptors (Lipinski definition) is 5. The second-order valence-electron chi connectivity index (χ2n) is 6.12. The first-order valence-corrected chi connectivity index (χ1v) is 8.82. The zero-order chi connectivity index (χ0) is 18.4. The molecule has 0 spiro atoms.